The Labute approximate surface area is 211 Å². The molecule has 3 aromatic heterocycles. The van der Waals surface area contributed by atoms with E-state index in [1.807, 2.05) is 6.07 Å². The highest BCUT2D eigenvalue weighted by Gasteiger charge is 2.32. The minimum absolute atomic E-state index is 0.187. The number of rotatable bonds is 7. The van der Waals surface area contributed by atoms with Crippen molar-refractivity contribution in [2.45, 2.75) is 19.6 Å². The van der Waals surface area contributed by atoms with Crippen molar-refractivity contribution in [2.24, 2.45) is 0 Å². The summed E-state index contributed by atoms with van der Waals surface area (Å²) < 4.78 is 22.0. The van der Waals surface area contributed by atoms with Crippen LogP contribution in [0.2, 0.25) is 0 Å². The lowest BCUT2D eigenvalue weighted by molar-refractivity contribution is -0.119. The van der Waals surface area contributed by atoms with Crippen LogP contribution >= 0.6 is 0 Å². The number of pyridine rings is 2. The summed E-state index contributed by atoms with van der Waals surface area (Å²) in [4.78, 5) is 45.6. The summed E-state index contributed by atoms with van der Waals surface area (Å²) in [6, 6.07) is 11.6. The number of fused-ring (bicyclic) bond motifs is 1. The molecule has 1 saturated heterocycles. The maximum Gasteiger partial charge on any atom is 0.414 e. The smallest absolute Gasteiger partial charge is 0.414 e. The molecule has 4 aromatic rings. The zero-order valence-electron chi connectivity index (χ0n) is 19.8. The molecule has 1 fully saturated rings. The van der Waals surface area contributed by atoms with Crippen LogP contribution in [0.4, 0.5) is 14.9 Å². The van der Waals surface area contributed by atoms with Gasteiger partial charge in [0.25, 0.3) is 5.91 Å². The van der Waals surface area contributed by atoms with E-state index < -0.39 is 18.0 Å². The molecule has 5 rings (SSSR count). The molecule has 10 nitrogen and oxygen atoms in total. The lowest BCUT2D eigenvalue weighted by Gasteiger charge is -2.14. The summed E-state index contributed by atoms with van der Waals surface area (Å²) in [6.07, 6.45) is 5.49. The zero-order chi connectivity index (χ0) is 25.9. The molecule has 0 radical (unpaired) electrons. The molecule has 37 heavy (non-hydrogen) atoms. The van der Waals surface area contributed by atoms with Crippen molar-refractivity contribution in [3.63, 3.8) is 0 Å². The molecule has 0 bridgehead atoms. The van der Waals surface area contributed by atoms with Crippen molar-refractivity contribution >= 4 is 29.2 Å². The number of carbonyl (C=O) groups is 3. The Hall–Kier alpha value is -4.80. The number of aromatic nitrogens is 3. The van der Waals surface area contributed by atoms with Crippen LogP contribution in [0.5, 0.6) is 0 Å². The Morgan fingerprint density at radius 2 is 2.03 bits per heavy atom. The summed E-state index contributed by atoms with van der Waals surface area (Å²) in [6.45, 7) is 2.09. The van der Waals surface area contributed by atoms with E-state index in [2.05, 4.69) is 20.6 Å². The Morgan fingerprint density at radius 1 is 1.16 bits per heavy atom. The van der Waals surface area contributed by atoms with Gasteiger partial charge in [-0.05, 0) is 42.0 Å². The number of amides is 3. The van der Waals surface area contributed by atoms with Gasteiger partial charge in [0.05, 0.1) is 18.8 Å². The maximum absolute atomic E-state index is 15.1. The van der Waals surface area contributed by atoms with Crippen LogP contribution in [0.15, 0.2) is 67.3 Å². The summed E-state index contributed by atoms with van der Waals surface area (Å²) in [5.74, 6) is -1.08. The monoisotopic (exact) mass is 502 g/mol. The average Bonchev–Trinajstić information content (AvgIpc) is 3.49. The number of nitrogens with zero attached hydrogens (tertiary/aromatic N) is 4. The second-order valence-corrected chi connectivity index (χ2v) is 8.57. The van der Waals surface area contributed by atoms with Gasteiger partial charge in [-0.25, -0.2) is 14.2 Å². The zero-order valence-corrected chi connectivity index (χ0v) is 19.8. The third-order valence-electron chi connectivity index (χ3n) is 5.89. The first-order valence-electron chi connectivity index (χ1n) is 11.6. The van der Waals surface area contributed by atoms with Crippen LogP contribution in [0, 0.1) is 5.82 Å². The Bertz CT molecular complexity index is 1490. The number of carbonyl (C=O) groups excluding carboxylic acids is 3. The van der Waals surface area contributed by atoms with E-state index in [1.165, 1.54) is 17.9 Å². The number of benzene rings is 1. The Balaban J connectivity index is 1.31. The molecule has 3 amide bonds. The summed E-state index contributed by atoms with van der Waals surface area (Å²) in [7, 11) is 0. The SMILES string of the molecule is CC(=O)NC[C@H]1CN(c2ccc(-c3ccc4nc(C(=O)NCc5cccnc5)cn4c3)c(F)c2)C(=O)O1. The lowest BCUT2D eigenvalue weighted by Crippen LogP contribution is -2.33. The second-order valence-electron chi connectivity index (χ2n) is 8.57. The fourth-order valence-corrected chi connectivity index (χ4v) is 4.04. The van der Waals surface area contributed by atoms with Crippen LogP contribution in [-0.2, 0) is 16.1 Å². The van der Waals surface area contributed by atoms with Crippen molar-refractivity contribution < 1.29 is 23.5 Å². The topological polar surface area (TPSA) is 118 Å². The van der Waals surface area contributed by atoms with Gasteiger partial charge in [0.15, 0.2) is 0 Å². The molecule has 1 aliphatic rings. The first kappa shape index (κ1) is 23.9. The highest BCUT2D eigenvalue weighted by atomic mass is 19.1. The molecular weight excluding hydrogens is 479 g/mol. The van der Waals surface area contributed by atoms with E-state index in [4.69, 9.17) is 4.74 Å². The van der Waals surface area contributed by atoms with E-state index in [0.29, 0.717) is 29.0 Å². The fourth-order valence-electron chi connectivity index (χ4n) is 4.04. The molecule has 0 aliphatic carbocycles. The minimum atomic E-state index is -0.600. The third kappa shape index (κ3) is 5.25. The van der Waals surface area contributed by atoms with Gasteiger partial charge in [-0.3, -0.25) is 19.5 Å². The van der Waals surface area contributed by atoms with Gasteiger partial charge >= 0.3 is 6.09 Å². The van der Waals surface area contributed by atoms with Crippen LogP contribution in [-0.4, -0.2) is 51.5 Å². The van der Waals surface area contributed by atoms with Crippen molar-refractivity contribution in [3.05, 3.63) is 84.3 Å². The summed E-state index contributed by atoms with van der Waals surface area (Å²) >= 11 is 0. The van der Waals surface area contributed by atoms with Gasteiger partial charge in [0.2, 0.25) is 5.91 Å². The normalized spacial score (nSPS) is 15.0. The molecule has 1 aliphatic heterocycles. The van der Waals surface area contributed by atoms with Crippen molar-refractivity contribution in [1.29, 1.82) is 0 Å². The molecule has 11 heteroatoms. The van der Waals surface area contributed by atoms with Crippen LogP contribution < -0.4 is 15.5 Å². The number of ether oxygens (including phenoxy) is 1. The fraction of sp³-hybridized carbons (Fsp3) is 0.192. The molecule has 0 spiro atoms. The highest BCUT2D eigenvalue weighted by Crippen LogP contribution is 2.29. The van der Waals surface area contributed by atoms with Gasteiger partial charge in [0, 0.05) is 49.4 Å². The number of nitrogens with one attached hydrogen (secondary N) is 2. The number of halogens is 1. The van der Waals surface area contributed by atoms with E-state index in [1.54, 1.807) is 59.5 Å². The molecule has 1 atom stereocenters. The minimum Gasteiger partial charge on any atom is -0.442 e. The second kappa shape index (κ2) is 10.1. The molecule has 0 saturated carbocycles. The van der Waals surface area contributed by atoms with Crippen LogP contribution in [0.3, 0.4) is 0 Å². The van der Waals surface area contributed by atoms with Gasteiger partial charge < -0.3 is 19.8 Å². The predicted molar refractivity (Wildman–Crippen MR) is 132 cm³/mol. The van der Waals surface area contributed by atoms with E-state index in [0.717, 1.165) is 5.56 Å². The van der Waals surface area contributed by atoms with Gasteiger partial charge in [0.1, 0.15) is 23.3 Å². The van der Waals surface area contributed by atoms with E-state index in [9.17, 15) is 14.4 Å². The third-order valence-corrected chi connectivity index (χ3v) is 5.89. The number of hydrogen-bond donors (Lipinski definition) is 2. The quantitative estimate of drug-likeness (QED) is 0.401. The molecule has 188 valence electrons. The Kier molecular flexibility index (Phi) is 6.50. The molecule has 2 N–H and O–H groups in total. The molecule has 4 heterocycles. The summed E-state index contributed by atoms with van der Waals surface area (Å²) in [5, 5.41) is 5.41. The first-order valence-corrected chi connectivity index (χ1v) is 11.6. The average molecular weight is 503 g/mol. The molecule has 0 unspecified atom stereocenters. The molecular formula is C26H23FN6O4. The highest BCUT2D eigenvalue weighted by molar-refractivity contribution is 5.93. The van der Waals surface area contributed by atoms with E-state index >= 15 is 4.39 Å². The number of cyclic esters (lactones) is 1. The van der Waals surface area contributed by atoms with Crippen molar-refractivity contribution in [3.8, 4) is 11.1 Å². The number of imidazole rings is 1. The standard InChI is InChI=1S/C26H23FN6O4/c1-16(34)29-12-20-14-33(26(36)37-20)19-5-6-21(22(27)9-19)18-4-7-24-31-23(15-32(24)13-18)25(35)30-11-17-3-2-8-28-10-17/h2-10,13,15,20H,11-12,14H2,1H3,(H,29,34)(H,30,35)/t20-/m0/s1. The van der Waals surface area contributed by atoms with Crippen LogP contribution in [0.1, 0.15) is 23.0 Å². The Morgan fingerprint density at radius 3 is 2.78 bits per heavy atom. The maximum atomic E-state index is 15.1. The van der Waals surface area contributed by atoms with Crippen LogP contribution in [0.25, 0.3) is 16.8 Å². The predicted octanol–water partition coefficient (Wildman–Crippen LogP) is 2.93. The number of anilines is 1. The van der Waals surface area contributed by atoms with E-state index in [-0.39, 0.29) is 30.6 Å². The van der Waals surface area contributed by atoms with Crippen molar-refractivity contribution in [2.75, 3.05) is 18.0 Å². The summed E-state index contributed by atoms with van der Waals surface area (Å²) in [5.41, 5.74) is 2.89. The van der Waals surface area contributed by atoms with Gasteiger partial charge in [-0.15, -0.1) is 0 Å². The van der Waals surface area contributed by atoms with Gasteiger partial charge in [-0.1, -0.05) is 6.07 Å². The first-order chi connectivity index (χ1) is 17.9. The van der Waals surface area contributed by atoms with Crippen molar-refractivity contribution in [1.82, 2.24) is 25.0 Å². The largest absolute Gasteiger partial charge is 0.442 e. The number of hydrogen-bond acceptors (Lipinski definition) is 6. The molecule has 1 aromatic carbocycles. The lowest BCUT2D eigenvalue weighted by atomic mass is 10.1. The van der Waals surface area contributed by atoms with Gasteiger partial charge in [-0.2, -0.15) is 0 Å².